The van der Waals surface area contributed by atoms with E-state index in [2.05, 4.69) is 5.10 Å². The molecule has 5 nitrogen and oxygen atoms in total. The van der Waals surface area contributed by atoms with E-state index in [9.17, 15) is 4.79 Å². The van der Waals surface area contributed by atoms with Crippen LogP contribution in [0.25, 0.3) is 0 Å². The van der Waals surface area contributed by atoms with Gasteiger partial charge in [-0.15, -0.1) is 0 Å². The lowest BCUT2D eigenvalue weighted by Crippen LogP contribution is -2.12. The van der Waals surface area contributed by atoms with Crippen LogP contribution in [0.3, 0.4) is 0 Å². The van der Waals surface area contributed by atoms with Gasteiger partial charge in [-0.05, 0) is 26.2 Å². The number of hydrogen-bond donors (Lipinski definition) is 1. The first kappa shape index (κ1) is 11.1. The first-order valence-electron chi connectivity index (χ1n) is 5.56. The number of carboxylic acid groups (broad SMARTS) is 1. The Kier molecular flexibility index (Phi) is 3.24. The summed E-state index contributed by atoms with van der Waals surface area (Å²) >= 11 is 0. The van der Waals surface area contributed by atoms with E-state index in [1.165, 1.54) is 6.20 Å². The number of aromatic nitrogens is 2. The van der Waals surface area contributed by atoms with E-state index in [1.807, 2.05) is 0 Å². The maximum atomic E-state index is 10.8. The Morgan fingerprint density at radius 3 is 3.12 bits per heavy atom. The van der Waals surface area contributed by atoms with Crippen molar-refractivity contribution in [2.24, 2.45) is 0 Å². The number of hydrogen-bond acceptors (Lipinski definition) is 3. The second kappa shape index (κ2) is 4.65. The zero-order chi connectivity index (χ0) is 11.5. The molecule has 2 rings (SSSR count). The lowest BCUT2D eigenvalue weighted by molar-refractivity contribution is 0.0696. The number of carbonyl (C=O) groups is 1. The molecule has 0 spiro atoms. The third kappa shape index (κ3) is 2.24. The molecule has 16 heavy (non-hydrogen) atoms. The third-order valence-corrected chi connectivity index (χ3v) is 3.02. The summed E-state index contributed by atoms with van der Waals surface area (Å²) in [6, 6.07) is 0. The molecule has 0 amide bonds. The van der Waals surface area contributed by atoms with Gasteiger partial charge in [0.1, 0.15) is 5.56 Å². The second-order valence-corrected chi connectivity index (χ2v) is 4.10. The van der Waals surface area contributed by atoms with Gasteiger partial charge in [-0.2, -0.15) is 5.10 Å². The number of carboxylic acids is 1. The number of ether oxygens (including phenoxy) is 1. The predicted molar refractivity (Wildman–Crippen MR) is 57.5 cm³/mol. The Bertz CT molecular complexity index is 381. The fraction of sp³-hybridized carbons (Fsp3) is 0.636. The fourth-order valence-electron chi connectivity index (χ4n) is 2.02. The van der Waals surface area contributed by atoms with Crippen molar-refractivity contribution >= 4 is 5.97 Å². The lowest BCUT2D eigenvalue weighted by atomic mass is 10.2. The highest BCUT2D eigenvalue weighted by Crippen LogP contribution is 2.17. The van der Waals surface area contributed by atoms with Gasteiger partial charge in [0, 0.05) is 18.8 Å². The Labute approximate surface area is 94.0 Å². The summed E-state index contributed by atoms with van der Waals surface area (Å²) in [7, 11) is 0. The highest BCUT2D eigenvalue weighted by Gasteiger charge is 2.17. The highest BCUT2D eigenvalue weighted by atomic mass is 16.5. The van der Waals surface area contributed by atoms with Crippen LogP contribution in [-0.4, -0.2) is 33.6 Å². The third-order valence-electron chi connectivity index (χ3n) is 3.02. The smallest absolute Gasteiger partial charge is 0.339 e. The minimum Gasteiger partial charge on any atom is -0.478 e. The minimum atomic E-state index is -0.916. The van der Waals surface area contributed by atoms with Gasteiger partial charge in [0.2, 0.25) is 0 Å². The molecule has 0 bridgehead atoms. The molecule has 1 fully saturated rings. The molecular formula is C11H16N2O3. The van der Waals surface area contributed by atoms with Crippen molar-refractivity contribution in [1.29, 1.82) is 0 Å². The molecule has 1 N–H and O–H groups in total. The molecule has 5 heteroatoms. The van der Waals surface area contributed by atoms with Gasteiger partial charge in [-0.3, -0.25) is 4.68 Å². The number of aromatic carboxylic acids is 1. The molecule has 0 radical (unpaired) electrons. The minimum absolute atomic E-state index is 0.285. The normalized spacial score (nSPS) is 20.2. The molecule has 1 unspecified atom stereocenters. The van der Waals surface area contributed by atoms with Crippen molar-refractivity contribution in [3.8, 4) is 0 Å². The summed E-state index contributed by atoms with van der Waals surface area (Å²) in [6.45, 7) is 3.36. The first-order chi connectivity index (χ1) is 7.68. The van der Waals surface area contributed by atoms with Crippen molar-refractivity contribution in [3.63, 3.8) is 0 Å². The number of rotatable bonds is 4. The summed E-state index contributed by atoms with van der Waals surface area (Å²) in [4.78, 5) is 10.8. The Morgan fingerprint density at radius 2 is 2.56 bits per heavy atom. The molecule has 0 aliphatic carbocycles. The van der Waals surface area contributed by atoms with E-state index in [0.29, 0.717) is 11.8 Å². The van der Waals surface area contributed by atoms with Crippen molar-refractivity contribution in [1.82, 2.24) is 9.78 Å². The highest BCUT2D eigenvalue weighted by molar-refractivity contribution is 5.88. The summed E-state index contributed by atoms with van der Waals surface area (Å²) in [5.41, 5.74) is 0.998. The zero-order valence-corrected chi connectivity index (χ0v) is 9.35. The van der Waals surface area contributed by atoms with E-state index in [0.717, 1.165) is 32.4 Å². The summed E-state index contributed by atoms with van der Waals surface area (Å²) in [5.74, 6) is -0.916. The van der Waals surface area contributed by atoms with Gasteiger partial charge in [0.25, 0.3) is 0 Å². The van der Waals surface area contributed by atoms with Crippen LogP contribution < -0.4 is 0 Å². The molecule has 1 aromatic rings. The van der Waals surface area contributed by atoms with Crippen LogP contribution >= 0.6 is 0 Å². The molecule has 1 saturated heterocycles. The van der Waals surface area contributed by atoms with Crippen molar-refractivity contribution < 1.29 is 14.6 Å². The monoisotopic (exact) mass is 224 g/mol. The van der Waals surface area contributed by atoms with Crippen LogP contribution in [0.4, 0.5) is 0 Å². The van der Waals surface area contributed by atoms with Gasteiger partial charge in [0.15, 0.2) is 0 Å². The average Bonchev–Trinajstić information content (AvgIpc) is 2.84. The van der Waals surface area contributed by atoms with Gasteiger partial charge in [-0.1, -0.05) is 0 Å². The fourth-order valence-corrected chi connectivity index (χ4v) is 2.02. The largest absolute Gasteiger partial charge is 0.478 e. The van der Waals surface area contributed by atoms with Crippen LogP contribution in [-0.2, 0) is 11.3 Å². The van der Waals surface area contributed by atoms with Gasteiger partial charge in [-0.25, -0.2) is 4.79 Å². The van der Waals surface area contributed by atoms with Crippen molar-refractivity contribution in [2.75, 3.05) is 6.61 Å². The molecule has 1 aliphatic rings. The summed E-state index contributed by atoms with van der Waals surface area (Å²) < 4.78 is 7.25. The van der Waals surface area contributed by atoms with Crippen molar-refractivity contribution in [2.45, 2.75) is 38.8 Å². The quantitative estimate of drug-likeness (QED) is 0.840. The molecule has 0 saturated carbocycles. The summed E-state index contributed by atoms with van der Waals surface area (Å²) in [6.07, 6.45) is 4.86. The Hall–Kier alpha value is -1.36. The average molecular weight is 224 g/mol. The maximum absolute atomic E-state index is 10.8. The van der Waals surface area contributed by atoms with Crippen LogP contribution in [0.2, 0.25) is 0 Å². The van der Waals surface area contributed by atoms with E-state index < -0.39 is 5.97 Å². The van der Waals surface area contributed by atoms with Gasteiger partial charge < -0.3 is 9.84 Å². The predicted octanol–water partition coefficient (Wildman–Crippen LogP) is 1.46. The van der Waals surface area contributed by atoms with Gasteiger partial charge in [0.05, 0.1) is 12.3 Å². The molecule has 1 atom stereocenters. The van der Waals surface area contributed by atoms with E-state index in [4.69, 9.17) is 9.84 Å². The van der Waals surface area contributed by atoms with Crippen LogP contribution in [0, 0.1) is 6.92 Å². The molecule has 1 aromatic heterocycles. The zero-order valence-electron chi connectivity index (χ0n) is 9.35. The summed E-state index contributed by atoms with van der Waals surface area (Å²) in [5, 5.41) is 13.0. The Balaban J connectivity index is 1.96. The van der Waals surface area contributed by atoms with Crippen LogP contribution in [0.5, 0.6) is 0 Å². The van der Waals surface area contributed by atoms with Crippen LogP contribution in [0.15, 0.2) is 6.20 Å². The topological polar surface area (TPSA) is 64.3 Å². The van der Waals surface area contributed by atoms with Gasteiger partial charge >= 0.3 is 5.97 Å². The SMILES string of the molecule is Cc1c(C(=O)O)cnn1CCC1CCCO1. The first-order valence-corrected chi connectivity index (χ1v) is 5.56. The lowest BCUT2D eigenvalue weighted by Gasteiger charge is -2.10. The number of aryl methyl sites for hydroxylation is 1. The van der Waals surface area contributed by atoms with E-state index >= 15 is 0 Å². The Morgan fingerprint density at radius 1 is 1.75 bits per heavy atom. The standard InChI is InChI=1S/C11H16N2O3/c1-8-10(11(14)15)7-12-13(8)5-4-9-3-2-6-16-9/h7,9H,2-6H2,1H3,(H,14,15). The molecule has 1 aliphatic heterocycles. The molecule has 2 heterocycles. The number of nitrogens with zero attached hydrogens (tertiary/aromatic N) is 2. The van der Waals surface area contributed by atoms with Crippen LogP contribution in [0.1, 0.15) is 35.3 Å². The molecule has 0 aromatic carbocycles. The maximum Gasteiger partial charge on any atom is 0.339 e. The van der Waals surface area contributed by atoms with Crippen molar-refractivity contribution in [3.05, 3.63) is 17.5 Å². The van der Waals surface area contributed by atoms with E-state index in [-0.39, 0.29) is 5.56 Å². The molecule has 88 valence electrons. The molecular weight excluding hydrogens is 208 g/mol. The van der Waals surface area contributed by atoms with E-state index in [1.54, 1.807) is 11.6 Å². The second-order valence-electron chi connectivity index (χ2n) is 4.10.